The molecule has 1 aromatic rings. The minimum atomic E-state index is 0.178. The summed E-state index contributed by atoms with van der Waals surface area (Å²) in [4.78, 5) is 6.66. The van der Waals surface area contributed by atoms with Gasteiger partial charge in [-0.25, -0.2) is 0 Å². The van der Waals surface area contributed by atoms with Gasteiger partial charge in [-0.3, -0.25) is 9.88 Å². The van der Waals surface area contributed by atoms with Crippen LogP contribution in [0.2, 0.25) is 0 Å². The third kappa shape index (κ3) is 3.51. The van der Waals surface area contributed by atoms with Crippen molar-refractivity contribution in [2.75, 3.05) is 26.7 Å². The van der Waals surface area contributed by atoms with Crippen molar-refractivity contribution < 1.29 is 4.74 Å². The lowest BCUT2D eigenvalue weighted by molar-refractivity contribution is -0.00804. The molecule has 2 rings (SSSR count). The second-order valence-corrected chi connectivity index (χ2v) is 4.93. The van der Waals surface area contributed by atoms with E-state index in [0.717, 1.165) is 25.3 Å². The molecule has 2 unspecified atom stereocenters. The van der Waals surface area contributed by atoms with Crippen LogP contribution in [-0.4, -0.2) is 42.7 Å². The van der Waals surface area contributed by atoms with Gasteiger partial charge in [0, 0.05) is 25.9 Å². The van der Waals surface area contributed by atoms with Crippen LogP contribution in [0, 0.1) is 0 Å². The molecule has 0 amide bonds. The lowest BCUT2D eigenvalue weighted by Crippen LogP contribution is -2.38. The van der Waals surface area contributed by atoms with Crippen LogP contribution in [0.5, 0.6) is 0 Å². The second kappa shape index (κ2) is 6.83. The van der Waals surface area contributed by atoms with Gasteiger partial charge >= 0.3 is 0 Å². The monoisotopic (exact) mass is 249 g/mol. The largest absolute Gasteiger partial charge is 0.377 e. The van der Waals surface area contributed by atoms with Gasteiger partial charge in [-0.15, -0.1) is 0 Å². The zero-order chi connectivity index (χ0) is 12.8. The van der Waals surface area contributed by atoms with Crippen molar-refractivity contribution in [3.05, 3.63) is 30.1 Å². The Kier molecular flexibility index (Phi) is 5.11. The molecule has 18 heavy (non-hydrogen) atoms. The molecule has 0 radical (unpaired) electrons. The summed E-state index contributed by atoms with van der Waals surface area (Å²) < 4.78 is 5.78. The summed E-state index contributed by atoms with van der Waals surface area (Å²) in [5.74, 6) is 0. The first-order valence-corrected chi connectivity index (χ1v) is 6.74. The highest BCUT2D eigenvalue weighted by molar-refractivity contribution is 5.09. The molecule has 0 bridgehead atoms. The molecule has 1 saturated heterocycles. The Bertz CT molecular complexity index is 338. The summed E-state index contributed by atoms with van der Waals surface area (Å²) in [6, 6.07) is 6.16. The van der Waals surface area contributed by atoms with Crippen molar-refractivity contribution in [2.45, 2.75) is 31.4 Å². The first-order valence-electron chi connectivity index (χ1n) is 6.74. The van der Waals surface area contributed by atoms with Gasteiger partial charge in [-0.2, -0.15) is 0 Å². The third-order valence-corrected chi connectivity index (χ3v) is 3.55. The van der Waals surface area contributed by atoms with Crippen LogP contribution in [0.15, 0.2) is 24.4 Å². The first kappa shape index (κ1) is 13.5. The van der Waals surface area contributed by atoms with E-state index in [9.17, 15) is 0 Å². The summed E-state index contributed by atoms with van der Waals surface area (Å²) in [5, 5.41) is 0. The zero-order valence-corrected chi connectivity index (χ0v) is 11.1. The van der Waals surface area contributed by atoms with Gasteiger partial charge in [0.05, 0.1) is 17.8 Å². The topological polar surface area (TPSA) is 51.4 Å². The number of nitrogens with zero attached hydrogens (tertiary/aromatic N) is 2. The maximum Gasteiger partial charge on any atom is 0.0702 e. The number of rotatable bonds is 5. The predicted octanol–water partition coefficient (Wildman–Crippen LogP) is 1.58. The normalized spacial score (nSPS) is 22.1. The molecule has 0 aliphatic carbocycles. The fourth-order valence-corrected chi connectivity index (χ4v) is 2.50. The molecule has 1 aromatic heterocycles. The minimum absolute atomic E-state index is 0.178. The number of pyridine rings is 1. The average molecular weight is 249 g/mol. The fourth-order valence-electron chi connectivity index (χ4n) is 2.50. The van der Waals surface area contributed by atoms with Crippen LogP contribution in [0.25, 0.3) is 0 Å². The van der Waals surface area contributed by atoms with Gasteiger partial charge in [-0.1, -0.05) is 6.07 Å². The first-order chi connectivity index (χ1) is 8.81. The molecule has 0 spiro atoms. The Morgan fingerprint density at radius 3 is 3.00 bits per heavy atom. The van der Waals surface area contributed by atoms with E-state index in [-0.39, 0.29) is 6.04 Å². The van der Waals surface area contributed by atoms with Gasteiger partial charge in [0.15, 0.2) is 0 Å². The van der Waals surface area contributed by atoms with E-state index in [1.54, 1.807) is 0 Å². The molecule has 100 valence electrons. The van der Waals surface area contributed by atoms with Crippen molar-refractivity contribution in [3.63, 3.8) is 0 Å². The van der Waals surface area contributed by atoms with E-state index in [1.165, 1.54) is 12.8 Å². The number of aromatic nitrogens is 1. The van der Waals surface area contributed by atoms with Crippen LogP contribution >= 0.6 is 0 Å². The second-order valence-electron chi connectivity index (χ2n) is 4.93. The van der Waals surface area contributed by atoms with Crippen molar-refractivity contribution in [3.8, 4) is 0 Å². The lowest BCUT2D eigenvalue weighted by Gasteiger charge is -2.32. The van der Waals surface area contributed by atoms with E-state index in [1.807, 2.05) is 24.4 Å². The molecule has 0 saturated carbocycles. The molecule has 4 heteroatoms. The lowest BCUT2D eigenvalue weighted by atomic mass is 10.1. The van der Waals surface area contributed by atoms with E-state index < -0.39 is 0 Å². The standard InChI is InChI=1S/C14H23N3O/c1-17(11-12-6-3-5-9-18-12)14(10-15)13-7-2-4-8-16-13/h2,4,7-8,12,14H,3,5-6,9-11,15H2,1H3. The Morgan fingerprint density at radius 2 is 2.39 bits per heavy atom. The molecule has 0 aromatic carbocycles. The maximum absolute atomic E-state index is 5.89. The minimum Gasteiger partial charge on any atom is -0.377 e. The Morgan fingerprint density at radius 1 is 1.50 bits per heavy atom. The average Bonchev–Trinajstić information content (AvgIpc) is 2.42. The summed E-state index contributed by atoms with van der Waals surface area (Å²) in [6.45, 7) is 2.41. The summed E-state index contributed by atoms with van der Waals surface area (Å²) in [6.07, 6.45) is 5.80. The molecule has 1 aliphatic rings. The van der Waals surface area contributed by atoms with E-state index in [4.69, 9.17) is 10.5 Å². The quantitative estimate of drug-likeness (QED) is 0.861. The third-order valence-electron chi connectivity index (χ3n) is 3.55. The summed E-state index contributed by atoms with van der Waals surface area (Å²) in [7, 11) is 2.10. The summed E-state index contributed by atoms with van der Waals surface area (Å²) >= 11 is 0. The fraction of sp³-hybridized carbons (Fsp3) is 0.643. The highest BCUT2D eigenvalue weighted by Gasteiger charge is 2.21. The number of hydrogen-bond donors (Lipinski definition) is 1. The Balaban J connectivity index is 1.94. The molecule has 1 aliphatic heterocycles. The van der Waals surface area contributed by atoms with Crippen LogP contribution in [0.3, 0.4) is 0 Å². The van der Waals surface area contributed by atoms with E-state index >= 15 is 0 Å². The molecule has 2 heterocycles. The van der Waals surface area contributed by atoms with Crippen molar-refractivity contribution in [2.24, 2.45) is 5.73 Å². The van der Waals surface area contributed by atoms with Crippen molar-refractivity contribution >= 4 is 0 Å². The summed E-state index contributed by atoms with van der Waals surface area (Å²) in [5.41, 5.74) is 6.93. The van der Waals surface area contributed by atoms with Gasteiger partial charge in [0.2, 0.25) is 0 Å². The highest BCUT2D eigenvalue weighted by Crippen LogP contribution is 2.19. The predicted molar refractivity (Wildman–Crippen MR) is 72.3 cm³/mol. The molecule has 1 fully saturated rings. The van der Waals surface area contributed by atoms with Gasteiger partial charge in [-0.05, 0) is 38.4 Å². The van der Waals surface area contributed by atoms with Crippen molar-refractivity contribution in [1.82, 2.24) is 9.88 Å². The van der Waals surface area contributed by atoms with Crippen molar-refractivity contribution in [1.29, 1.82) is 0 Å². The molecule has 2 N–H and O–H groups in total. The SMILES string of the molecule is CN(CC1CCCCO1)C(CN)c1ccccn1. The number of nitrogens with two attached hydrogens (primary N) is 1. The van der Waals surface area contributed by atoms with Gasteiger partial charge in [0.1, 0.15) is 0 Å². The number of ether oxygens (including phenoxy) is 1. The van der Waals surface area contributed by atoms with Crippen LogP contribution < -0.4 is 5.73 Å². The number of likely N-dealkylation sites (N-methyl/N-ethyl adjacent to an activating group) is 1. The molecule has 2 atom stereocenters. The van der Waals surface area contributed by atoms with Crippen LogP contribution in [0.4, 0.5) is 0 Å². The van der Waals surface area contributed by atoms with E-state index in [0.29, 0.717) is 12.6 Å². The molecule has 4 nitrogen and oxygen atoms in total. The molecular weight excluding hydrogens is 226 g/mol. The highest BCUT2D eigenvalue weighted by atomic mass is 16.5. The van der Waals surface area contributed by atoms with Gasteiger partial charge in [0.25, 0.3) is 0 Å². The number of hydrogen-bond acceptors (Lipinski definition) is 4. The van der Waals surface area contributed by atoms with E-state index in [2.05, 4.69) is 16.9 Å². The smallest absolute Gasteiger partial charge is 0.0702 e. The maximum atomic E-state index is 5.89. The zero-order valence-electron chi connectivity index (χ0n) is 11.1. The Labute approximate surface area is 109 Å². The molecular formula is C14H23N3O. The Hall–Kier alpha value is -0.970. The van der Waals surface area contributed by atoms with Crippen LogP contribution in [0.1, 0.15) is 31.0 Å². The van der Waals surface area contributed by atoms with Crippen LogP contribution in [-0.2, 0) is 4.74 Å². The van der Waals surface area contributed by atoms with Gasteiger partial charge < -0.3 is 10.5 Å².